The molecule has 0 aliphatic rings. The van der Waals surface area contributed by atoms with Crippen molar-refractivity contribution in [1.82, 2.24) is 5.32 Å². The van der Waals surface area contributed by atoms with Crippen LogP contribution in [0.5, 0.6) is 0 Å². The van der Waals surface area contributed by atoms with E-state index in [4.69, 9.17) is 4.42 Å². The Morgan fingerprint density at radius 1 is 1.15 bits per heavy atom. The second-order valence-electron chi connectivity index (χ2n) is 4.86. The smallest absolute Gasteiger partial charge is 0.129 e. The summed E-state index contributed by atoms with van der Waals surface area (Å²) >= 11 is 0. The Kier molecular flexibility index (Phi) is 4.90. The Morgan fingerprint density at radius 2 is 1.85 bits per heavy atom. The van der Waals surface area contributed by atoms with Crippen LogP contribution in [0.3, 0.4) is 0 Å². The molecular weight excluding hydrogens is 260 g/mol. The Hall–Kier alpha value is -1.68. The van der Waals surface area contributed by atoms with E-state index in [1.54, 1.807) is 0 Å². The van der Waals surface area contributed by atoms with Crippen LogP contribution in [-0.4, -0.2) is 6.54 Å². The standard InChI is InChI=1S/C16H19F2NO/c1-3-9-19-15(16-8-7-11(2)20-16)10-12-13(17)5-4-6-14(12)18/h4-8,15,19H,3,9-10H2,1-2H3. The zero-order chi connectivity index (χ0) is 14.5. The third kappa shape index (κ3) is 3.45. The summed E-state index contributed by atoms with van der Waals surface area (Å²) in [7, 11) is 0. The average molecular weight is 279 g/mol. The molecule has 0 saturated heterocycles. The lowest BCUT2D eigenvalue weighted by atomic mass is 10.0. The third-order valence-electron chi connectivity index (χ3n) is 3.22. The van der Waals surface area contributed by atoms with E-state index in [9.17, 15) is 8.78 Å². The van der Waals surface area contributed by atoms with Crippen LogP contribution in [0.15, 0.2) is 34.7 Å². The van der Waals surface area contributed by atoms with Crippen molar-refractivity contribution in [3.05, 3.63) is 59.1 Å². The second kappa shape index (κ2) is 6.66. The first-order chi connectivity index (χ1) is 9.61. The van der Waals surface area contributed by atoms with Gasteiger partial charge in [0.2, 0.25) is 0 Å². The van der Waals surface area contributed by atoms with Crippen molar-refractivity contribution in [1.29, 1.82) is 0 Å². The van der Waals surface area contributed by atoms with Crippen molar-refractivity contribution in [3.63, 3.8) is 0 Å². The Balaban J connectivity index is 2.23. The van der Waals surface area contributed by atoms with Crippen molar-refractivity contribution in [2.75, 3.05) is 6.54 Å². The van der Waals surface area contributed by atoms with Crippen molar-refractivity contribution < 1.29 is 13.2 Å². The van der Waals surface area contributed by atoms with Crippen LogP contribution in [0.25, 0.3) is 0 Å². The van der Waals surface area contributed by atoms with Crippen LogP contribution >= 0.6 is 0 Å². The van der Waals surface area contributed by atoms with Gasteiger partial charge >= 0.3 is 0 Å². The Morgan fingerprint density at radius 3 is 2.40 bits per heavy atom. The van der Waals surface area contributed by atoms with E-state index in [0.717, 1.165) is 18.7 Å². The number of rotatable bonds is 6. The summed E-state index contributed by atoms with van der Waals surface area (Å²) in [5.41, 5.74) is 0.0927. The molecule has 2 aromatic rings. The molecule has 0 amide bonds. The van der Waals surface area contributed by atoms with Gasteiger partial charge in [-0.05, 0) is 44.2 Å². The molecule has 108 valence electrons. The molecule has 0 bridgehead atoms. The zero-order valence-corrected chi connectivity index (χ0v) is 11.7. The predicted octanol–water partition coefficient (Wildman–Crippen LogP) is 4.15. The molecule has 20 heavy (non-hydrogen) atoms. The topological polar surface area (TPSA) is 25.2 Å². The first kappa shape index (κ1) is 14.7. The summed E-state index contributed by atoms with van der Waals surface area (Å²) in [5.74, 6) is 0.462. The zero-order valence-electron chi connectivity index (χ0n) is 11.7. The van der Waals surface area contributed by atoms with E-state index in [0.29, 0.717) is 5.76 Å². The van der Waals surface area contributed by atoms with Crippen molar-refractivity contribution in [3.8, 4) is 0 Å². The highest BCUT2D eigenvalue weighted by molar-refractivity contribution is 5.23. The quantitative estimate of drug-likeness (QED) is 0.859. The molecular formula is C16H19F2NO. The summed E-state index contributed by atoms with van der Waals surface area (Å²) in [6, 6.07) is 7.41. The lowest BCUT2D eigenvalue weighted by molar-refractivity contribution is 0.391. The summed E-state index contributed by atoms with van der Waals surface area (Å²) < 4.78 is 33.1. The minimum absolute atomic E-state index is 0.0927. The lowest BCUT2D eigenvalue weighted by Crippen LogP contribution is -2.24. The van der Waals surface area contributed by atoms with Gasteiger partial charge in [0, 0.05) is 12.0 Å². The molecule has 0 radical (unpaired) electrons. The third-order valence-corrected chi connectivity index (χ3v) is 3.22. The highest BCUT2D eigenvalue weighted by atomic mass is 19.1. The lowest BCUT2D eigenvalue weighted by Gasteiger charge is -2.17. The van der Waals surface area contributed by atoms with Gasteiger partial charge in [-0.25, -0.2) is 8.78 Å². The van der Waals surface area contributed by atoms with Crippen LogP contribution in [0, 0.1) is 18.6 Å². The van der Waals surface area contributed by atoms with Gasteiger partial charge < -0.3 is 9.73 Å². The number of aryl methyl sites for hydroxylation is 1. The van der Waals surface area contributed by atoms with E-state index in [1.165, 1.54) is 18.2 Å². The van der Waals surface area contributed by atoms with Crippen molar-refractivity contribution in [2.45, 2.75) is 32.7 Å². The van der Waals surface area contributed by atoms with Crippen LogP contribution in [0.1, 0.15) is 36.5 Å². The highest BCUT2D eigenvalue weighted by Gasteiger charge is 2.19. The van der Waals surface area contributed by atoms with Gasteiger partial charge in [0.05, 0.1) is 6.04 Å². The fraction of sp³-hybridized carbons (Fsp3) is 0.375. The molecule has 1 aromatic carbocycles. The number of hydrogen-bond donors (Lipinski definition) is 1. The van der Waals surface area contributed by atoms with E-state index >= 15 is 0 Å². The monoisotopic (exact) mass is 279 g/mol. The van der Waals surface area contributed by atoms with Gasteiger partial charge in [0.1, 0.15) is 23.2 Å². The molecule has 0 fully saturated rings. The van der Waals surface area contributed by atoms with Gasteiger partial charge in [0.25, 0.3) is 0 Å². The van der Waals surface area contributed by atoms with E-state index in [1.807, 2.05) is 26.0 Å². The van der Waals surface area contributed by atoms with Crippen molar-refractivity contribution in [2.24, 2.45) is 0 Å². The fourth-order valence-electron chi connectivity index (χ4n) is 2.16. The number of benzene rings is 1. The maximum absolute atomic E-state index is 13.8. The van der Waals surface area contributed by atoms with Crippen LogP contribution in [0.2, 0.25) is 0 Å². The molecule has 0 spiro atoms. The maximum Gasteiger partial charge on any atom is 0.129 e. The van der Waals surface area contributed by atoms with Crippen LogP contribution in [0.4, 0.5) is 8.78 Å². The summed E-state index contributed by atoms with van der Waals surface area (Å²) in [6.45, 7) is 4.66. The second-order valence-corrected chi connectivity index (χ2v) is 4.86. The predicted molar refractivity (Wildman–Crippen MR) is 74.5 cm³/mol. The summed E-state index contributed by atoms with van der Waals surface area (Å²) in [6.07, 6.45) is 1.17. The van der Waals surface area contributed by atoms with Gasteiger partial charge in [-0.1, -0.05) is 13.0 Å². The molecule has 2 nitrogen and oxygen atoms in total. The van der Waals surface area contributed by atoms with E-state index in [-0.39, 0.29) is 18.0 Å². The minimum Gasteiger partial charge on any atom is -0.465 e. The molecule has 0 aliphatic carbocycles. The van der Waals surface area contributed by atoms with E-state index in [2.05, 4.69) is 5.32 Å². The van der Waals surface area contributed by atoms with Crippen LogP contribution < -0.4 is 5.32 Å². The van der Waals surface area contributed by atoms with Gasteiger partial charge in [0.15, 0.2) is 0 Å². The number of furan rings is 1. The summed E-state index contributed by atoms with van der Waals surface area (Å²) in [5, 5.41) is 3.27. The number of hydrogen-bond acceptors (Lipinski definition) is 2. The van der Waals surface area contributed by atoms with Gasteiger partial charge in [-0.15, -0.1) is 0 Å². The van der Waals surface area contributed by atoms with Gasteiger partial charge in [-0.2, -0.15) is 0 Å². The van der Waals surface area contributed by atoms with Crippen molar-refractivity contribution >= 4 is 0 Å². The number of nitrogens with one attached hydrogen (secondary N) is 1. The fourth-order valence-corrected chi connectivity index (χ4v) is 2.16. The number of halogens is 2. The average Bonchev–Trinajstić information content (AvgIpc) is 2.84. The van der Waals surface area contributed by atoms with Gasteiger partial charge in [-0.3, -0.25) is 0 Å². The highest BCUT2D eigenvalue weighted by Crippen LogP contribution is 2.23. The van der Waals surface area contributed by atoms with E-state index < -0.39 is 11.6 Å². The first-order valence-corrected chi connectivity index (χ1v) is 6.84. The molecule has 1 N–H and O–H groups in total. The molecule has 1 atom stereocenters. The Labute approximate surface area is 117 Å². The van der Waals surface area contributed by atoms with Crippen LogP contribution in [-0.2, 0) is 6.42 Å². The molecule has 1 unspecified atom stereocenters. The minimum atomic E-state index is -0.517. The molecule has 0 aliphatic heterocycles. The molecule has 1 heterocycles. The largest absolute Gasteiger partial charge is 0.465 e. The Bertz CT molecular complexity index is 545. The molecule has 1 aromatic heterocycles. The molecule has 2 rings (SSSR count). The summed E-state index contributed by atoms with van der Waals surface area (Å²) in [4.78, 5) is 0. The SMILES string of the molecule is CCCNC(Cc1c(F)cccc1F)c1ccc(C)o1. The first-order valence-electron chi connectivity index (χ1n) is 6.84. The maximum atomic E-state index is 13.8. The molecule has 0 saturated carbocycles. The molecule has 4 heteroatoms. The normalized spacial score (nSPS) is 12.6.